The third-order valence-electron chi connectivity index (χ3n) is 4.57. The molecule has 1 heterocycles. The number of nitrogens with one attached hydrogen (secondary N) is 2. The van der Waals surface area contributed by atoms with Gasteiger partial charge in [-0.2, -0.15) is 16.9 Å². The first-order chi connectivity index (χ1) is 14.7. The summed E-state index contributed by atoms with van der Waals surface area (Å²) in [6, 6.07) is 16.3. The van der Waals surface area contributed by atoms with E-state index in [2.05, 4.69) is 20.7 Å². The molecule has 0 aliphatic heterocycles. The first-order valence-electron chi connectivity index (χ1n) is 9.68. The van der Waals surface area contributed by atoms with Crippen LogP contribution in [0.2, 0.25) is 0 Å². The molecule has 30 heavy (non-hydrogen) atoms. The van der Waals surface area contributed by atoms with Crippen LogP contribution in [-0.4, -0.2) is 44.6 Å². The van der Waals surface area contributed by atoms with E-state index < -0.39 is 6.04 Å². The molecule has 0 spiro atoms. The van der Waals surface area contributed by atoms with E-state index in [1.807, 2.05) is 36.6 Å². The topological polar surface area (TPSA) is 88.9 Å². The van der Waals surface area contributed by atoms with E-state index >= 15 is 0 Å². The first-order valence-corrected chi connectivity index (χ1v) is 11.1. The Morgan fingerprint density at radius 2 is 1.80 bits per heavy atom. The van der Waals surface area contributed by atoms with Gasteiger partial charge in [0.1, 0.15) is 18.7 Å². The van der Waals surface area contributed by atoms with Gasteiger partial charge >= 0.3 is 0 Å². The van der Waals surface area contributed by atoms with E-state index in [0.29, 0.717) is 25.1 Å². The van der Waals surface area contributed by atoms with Crippen LogP contribution < -0.4 is 10.6 Å². The maximum absolute atomic E-state index is 12.7. The maximum Gasteiger partial charge on any atom is 0.251 e. The van der Waals surface area contributed by atoms with Crippen molar-refractivity contribution in [3.63, 3.8) is 0 Å². The van der Waals surface area contributed by atoms with Gasteiger partial charge in [0, 0.05) is 12.1 Å². The van der Waals surface area contributed by atoms with Crippen molar-refractivity contribution in [2.75, 3.05) is 12.0 Å². The van der Waals surface area contributed by atoms with Gasteiger partial charge < -0.3 is 10.6 Å². The molecule has 0 aliphatic carbocycles. The second-order valence-corrected chi connectivity index (χ2v) is 7.79. The van der Waals surface area contributed by atoms with E-state index in [1.165, 1.54) is 6.33 Å². The van der Waals surface area contributed by atoms with Crippen LogP contribution in [0.3, 0.4) is 0 Å². The molecule has 1 atom stereocenters. The summed E-state index contributed by atoms with van der Waals surface area (Å²) >= 11 is 1.64. The van der Waals surface area contributed by atoms with Gasteiger partial charge in [-0.1, -0.05) is 42.5 Å². The second-order valence-electron chi connectivity index (χ2n) is 6.80. The second kappa shape index (κ2) is 11.2. The standard InChI is InChI=1S/C22H25N5O2S/c1-30-12-11-20(26-21(28)19-5-3-2-4-6-19)22(29)24-13-17-7-9-18(10-8-17)14-27-16-23-15-25-27/h2-10,15-16,20H,11-14H2,1H3,(H,24,29)(H,26,28). The molecule has 8 heteroatoms. The molecule has 0 aliphatic rings. The summed E-state index contributed by atoms with van der Waals surface area (Å²) < 4.78 is 1.75. The zero-order valence-electron chi connectivity index (χ0n) is 16.8. The predicted molar refractivity (Wildman–Crippen MR) is 118 cm³/mol. The quantitative estimate of drug-likeness (QED) is 0.523. The molecule has 3 rings (SSSR count). The molecule has 2 N–H and O–H groups in total. The minimum Gasteiger partial charge on any atom is -0.350 e. The number of amides is 2. The third kappa shape index (κ3) is 6.45. The Labute approximate surface area is 180 Å². The molecule has 2 aromatic carbocycles. The highest BCUT2D eigenvalue weighted by molar-refractivity contribution is 7.98. The molecule has 2 amide bonds. The molecule has 1 unspecified atom stereocenters. The summed E-state index contributed by atoms with van der Waals surface area (Å²) in [5.41, 5.74) is 2.63. The molecule has 0 saturated carbocycles. The van der Waals surface area contributed by atoms with Crippen molar-refractivity contribution in [1.82, 2.24) is 25.4 Å². The molecular weight excluding hydrogens is 398 g/mol. The van der Waals surface area contributed by atoms with E-state index in [0.717, 1.165) is 16.9 Å². The van der Waals surface area contributed by atoms with E-state index in [9.17, 15) is 9.59 Å². The number of carbonyl (C=O) groups excluding carboxylic acids is 2. The number of thioether (sulfide) groups is 1. The fourth-order valence-electron chi connectivity index (χ4n) is 2.91. The van der Waals surface area contributed by atoms with Gasteiger partial charge in [-0.3, -0.25) is 9.59 Å². The van der Waals surface area contributed by atoms with Gasteiger partial charge in [0.15, 0.2) is 0 Å². The monoisotopic (exact) mass is 423 g/mol. The van der Waals surface area contributed by atoms with Crippen molar-refractivity contribution in [3.05, 3.63) is 83.9 Å². The number of rotatable bonds is 10. The van der Waals surface area contributed by atoms with Gasteiger partial charge in [-0.05, 0) is 41.7 Å². The summed E-state index contributed by atoms with van der Waals surface area (Å²) in [6.07, 6.45) is 5.73. The van der Waals surface area contributed by atoms with Gasteiger partial charge in [0.25, 0.3) is 5.91 Å². The Kier molecular flexibility index (Phi) is 8.02. The predicted octanol–water partition coefficient (Wildman–Crippen LogP) is 2.49. The number of hydrogen-bond donors (Lipinski definition) is 2. The van der Waals surface area contributed by atoms with Crippen LogP contribution in [0, 0.1) is 0 Å². The Balaban J connectivity index is 1.55. The van der Waals surface area contributed by atoms with E-state index in [-0.39, 0.29) is 11.8 Å². The van der Waals surface area contributed by atoms with Crippen molar-refractivity contribution in [2.24, 2.45) is 0 Å². The lowest BCUT2D eigenvalue weighted by atomic mass is 10.1. The fraction of sp³-hybridized carbons (Fsp3) is 0.273. The van der Waals surface area contributed by atoms with Crippen LogP contribution in [-0.2, 0) is 17.9 Å². The van der Waals surface area contributed by atoms with Crippen LogP contribution in [0.1, 0.15) is 27.9 Å². The molecule has 156 valence electrons. The minimum absolute atomic E-state index is 0.181. The largest absolute Gasteiger partial charge is 0.350 e. The maximum atomic E-state index is 12.7. The number of benzene rings is 2. The highest BCUT2D eigenvalue weighted by Gasteiger charge is 2.20. The van der Waals surface area contributed by atoms with Crippen molar-refractivity contribution < 1.29 is 9.59 Å². The summed E-state index contributed by atoms with van der Waals surface area (Å²) in [5.74, 6) is 0.360. The van der Waals surface area contributed by atoms with E-state index in [4.69, 9.17) is 0 Å². The van der Waals surface area contributed by atoms with Crippen LogP contribution in [0.15, 0.2) is 67.3 Å². The molecule has 1 aromatic heterocycles. The average molecular weight is 424 g/mol. The lowest BCUT2D eigenvalue weighted by Gasteiger charge is -2.18. The Bertz CT molecular complexity index is 930. The van der Waals surface area contributed by atoms with Crippen molar-refractivity contribution >= 4 is 23.6 Å². The van der Waals surface area contributed by atoms with Gasteiger partial charge in [0.2, 0.25) is 5.91 Å². The molecule has 3 aromatic rings. The molecule has 0 bridgehead atoms. The van der Waals surface area contributed by atoms with E-state index in [1.54, 1.807) is 47.0 Å². The number of nitrogens with zero attached hydrogens (tertiary/aromatic N) is 3. The van der Waals surface area contributed by atoms with Gasteiger partial charge in [-0.15, -0.1) is 0 Å². The normalized spacial score (nSPS) is 11.6. The number of hydrogen-bond acceptors (Lipinski definition) is 5. The number of carbonyl (C=O) groups is 2. The minimum atomic E-state index is -0.572. The number of aromatic nitrogens is 3. The molecule has 0 saturated heterocycles. The van der Waals surface area contributed by atoms with Crippen LogP contribution in [0.25, 0.3) is 0 Å². The highest BCUT2D eigenvalue weighted by atomic mass is 32.2. The zero-order valence-corrected chi connectivity index (χ0v) is 17.6. The zero-order chi connectivity index (χ0) is 21.2. The molecule has 0 fully saturated rings. The van der Waals surface area contributed by atoms with Crippen LogP contribution in [0.4, 0.5) is 0 Å². The Hall–Kier alpha value is -3.13. The average Bonchev–Trinajstić information content (AvgIpc) is 3.29. The lowest BCUT2D eigenvalue weighted by Crippen LogP contribution is -2.46. The third-order valence-corrected chi connectivity index (χ3v) is 5.21. The smallest absolute Gasteiger partial charge is 0.251 e. The van der Waals surface area contributed by atoms with Crippen molar-refractivity contribution in [1.29, 1.82) is 0 Å². The van der Waals surface area contributed by atoms with Crippen molar-refractivity contribution in [3.8, 4) is 0 Å². The molecular formula is C22H25N5O2S. The SMILES string of the molecule is CSCCC(NC(=O)c1ccccc1)C(=O)NCc1ccc(Cn2cncn2)cc1. The molecule has 7 nitrogen and oxygen atoms in total. The van der Waals surface area contributed by atoms with Gasteiger partial charge in [0.05, 0.1) is 6.54 Å². The lowest BCUT2D eigenvalue weighted by molar-refractivity contribution is -0.123. The highest BCUT2D eigenvalue weighted by Crippen LogP contribution is 2.08. The Morgan fingerprint density at radius 3 is 2.47 bits per heavy atom. The molecule has 0 radical (unpaired) electrons. The summed E-state index contributed by atoms with van der Waals surface area (Å²) in [5, 5.41) is 9.89. The summed E-state index contributed by atoms with van der Waals surface area (Å²) in [4.78, 5) is 29.1. The van der Waals surface area contributed by atoms with Crippen molar-refractivity contribution in [2.45, 2.75) is 25.6 Å². The first kappa shape index (κ1) is 21.6. The van der Waals surface area contributed by atoms with Gasteiger partial charge in [-0.25, -0.2) is 9.67 Å². The summed E-state index contributed by atoms with van der Waals surface area (Å²) in [6.45, 7) is 1.05. The Morgan fingerprint density at radius 1 is 1.07 bits per heavy atom. The van der Waals surface area contributed by atoms with Crippen LogP contribution >= 0.6 is 11.8 Å². The van der Waals surface area contributed by atoms with Crippen LogP contribution in [0.5, 0.6) is 0 Å². The summed E-state index contributed by atoms with van der Waals surface area (Å²) in [7, 11) is 0. The fourth-order valence-corrected chi connectivity index (χ4v) is 3.38.